The number of hydrogen-bond acceptors (Lipinski definition) is 9. The summed E-state index contributed by atoms with van der Waals surface area (Å²) >= 11 is 7.40. The van der Waals surface area contributed by atoms with Gasteiger partial charge in [-0.2, -0.15) is 0 Å². The molecule has 1 fully saturated rings. The maximum atomic E-state index is 12.1. The van der Waals surface area contributed by atoms with Crippen LogP contribution in [0.1, 0.15) is 20.8 Å². The molecule has 1 aliphatic heterocycles. The Hall–Kier alpha value is -2.75. The Kier molecular flexibility index (Phi) is 9.20. The maximum Gasteiger partial charge on any atom is 0.303 e. The first-order chi connectivity index (χ1) is 16.2. The van der Waals surface area contributed by atoms with Crippen molar-refractivity contribution in [2.45, 2.75) is 55.5 Å². The van der Waals surface area contributed by atoms with Crippen molar-refractivity contribution in [3.8, 4) is 0 Å². The number of nitrogens with one attached hydrogen (secondary N) is 1. The topological polar surface area (TPSA) is 100 Å². The minimum atomic E-state index is -1.01. The van der Waals surface area contributed by atoms with E-state index < -0.39 is 47.7 Å². The van der Waals surface area contributed by atoms with Gasteiger partial charge in [-0.1, -0.05) is 41.6 Å². The van der Waals surface area contributed by atoms with Gasteiger partial charge in [-0.25, -0.2) is 0 Å². The normalized spacial score (nSPS) is 24.1. The molecule has 5 unspecified atom stereocenters. The Balaban J connectivity index is 2.00. The fourth-order valence-corrected chi connectivity index (χ4v) is 4.79. The van der Waals surface area contributed by atoms with E-state index in [4.69, 9.17) is 30.5 Å². The van der Waals surface area contributed by atoms with Crippen molar-refractivity contribution in [2.24, 2.45) is 0 Å². The second kappa shape index (κ2) is 12.1. The number of rotatable bonds is 8. The highest BCUT2D eigenvalue weighted by Gasteiger charge is 2.50. The average molecular weight is 508 g/mol. The highest BCUT2D eigenvalue weighted by atomic mass is 35.5. The zero-order valence-electron chi connectivity index (χ0n) is 18.9. The molecule has 1 N–H and O–H groups in total. The van der Waals surface area contributed by atoms with Crippen LogP contribution < -0.4 is 5.32 Å². The van der Waals surface area contributed by atoms with Crippen molar-refractivity contribution in [1.29, 1.82) is 0 Å². The van der Waals surface area contributed by atoms with Crippen molar-refractivity contribution in [1.82, 2.24) is 0 Å². The third-order valence-electron chi connectivity index (χ3n) is 4.87. The lowest BCUT2D eigenvalue weighted by molar-refractivity contribution is -0.207. The zero-order valence-corrected chi connectivity index (χ0v) is 20.5. The standard InChI is InChI=1S/C24H26ClNO7S/c1-14(27)30-13-20-22(31-15(2)28)23(32-16(3)29)21(26-18-7-5-4-6-8-18)24(33-20)34-19-11-9-17(25)10-12-19/h4-12,20-24,26H,13H2,1-3H3. The van der Waals surface area contributed by atoms with Crippen molar-refractivity contribution in [3.05, 3.63) is 59.6 Å². The van der Waals surface area contributed by atoms with Crippen LogP contribution >= 0.6 is 23.4 Å². The first kappa shape index (κ1) is 25.9. The van der Waals surface area contributed by atoms with Crippen LogP contribution in [0.4, 0.5) is 5.69 Å². The van der Waals surface area contributed by atoms with Gasteiger partial charge >= 0.3 is 17.9 Å². The first-order valence-electron chi connectivity index (χ1n) is 10.6. The van der Waals surface area contributed by atoms with Gasteiger partial charge in [0.25, 0.3) is 0 Å². The summed E-state index contributed by atoms with van der Waals surface area (Å²) in [7, 11) is 0. The number of esters is 3. The smallest absolute Gasteiger partial charge is 0.303 e. The molecule has 2 aromatic rings. The molecule has 0 aromatic heterocycles. The Labute approximate surface area is 207 Å². The van der Waals surface area contributed by atoms with E-state index in [0.29, 0.717) is 5.02 Å². The first-order valence-corrected chi connectivity index (χ1v) is 11.9. The van der Waals surface area contributed by atoms with E-state index in [2.05, 4.69) is 5.32 Å². The lowest BCUT2D eigenvalue weighted by atomic mass is 9.97. The summed E-state index contributed by atoms with van der Waals surface area (Å²) in [5.74, 6) is -1.65. The third-order valence-corrected chi connectivity index (χ3v) is 6.31. The molecule has 0 radical (unpaired) electrons. The Morgan fingerprint density at radius 3 is 2.12 bits per heavy atom. The Bertz CT molecular complexity index is 989. The van der Waals surface area contributed by atoms with Gasteiger partial charge in [-0.05, 0) is 36.4 Å². The number of hydrogen-bond donors (Lipinski definition) is 1. The predicted octanol–water partition coefficient (Wildman–Crippen LogP) is 4.06. The van der Waals surface area contributed by atoms with E-state index in [1.54, 1.807) is 12.1 Å². The second-order valence-corrected chi connectivity index (χ2v) is 9.21. The molecule has 0 spiro atoms. The quantitative estimate of drug-likeness (QED) is 0.418. The molecule has 3 rings (SSSR count). The number of anilines is 1. The van der Waals surface area contributed by atoms with Crippen LogP contribution in [0.5, 0.6) is 0 Å². The fourth-order valence-electron chi connectivity index (χ4n) is 3.53. The van der Waals surface area contributed by atoms with Gasteiger partial charge in [0.05, 0.1) is 0 Å². The summed E-state index contributed by atoms with van der Waals surface area (Å²) in [6.45, 7) is 3.62. The highest BCUT2D eigenvalue weighted by molar-refractivity contribution is 7.99. The molecular formula is C24H26ClNO7S. The molecule has 5 atom stereocenters. The largest absolute Gasteiger partial charge is 0.463 e. The summed E-state index contributed by atoms with van der Waals surface area (Å²) in [5.41, 5.74) is 0.146. The molecule has 0 amide bonds. The van der Waals surface area contributed by atoms with E-state index in [-0.39, 0.29) is 6.61 Å². The molecule has 10 heteroatoms. The van der Waals surface area contributed by atoms with Crippen LogP contribution in [0.25, 0.3) is 0 Å². The van der Waals surface area contributed by atoms with Crippen LogP contribution in [0.2, 0.25) is 5.02 Å². The summed E-state index contributed by atoms with van der Waals surface area (Å²) in [5, 5.41) is 3.95. The van der Waals surface area contributed by atoms with Gasteiger partial charge in [-0.15, -0.1) is 0 Å². The van der Waals surface area contributed by atoms with Crippen molar-refractivity contribution in [2.75, 3.05) is 11.9 Å². The summed E-state index contributed by atoms with van der Waals surface area (Å²) < 4.78 is 22.7. The minimum Gasteiger partial charge on any atom is -0.463 e. The lowest BCUT2D eigenvalue weighted by Gasteiger charge is -2.45. The zero-order chi connectivity index (χ0) is 24.7. The molecule has 8 nitrogen and oxygen atoms in total. The molecule has 1 aliphatic rings. The molecule has 1 heterocycles. The summed E-state index contributed by atoms with van der Waals surface area (Å²) in [6, 6.07) is 15.9. The maximum absolute atomic E-state index is 12.1. The van der Waals surface area contributed by atoms with Gasteiger partial charge in [-0.3, -0.25) is 14.4 Å². The van der Waals surface area contributed by atoms with E-state index in [0.717, 1.165) is 10.6 Å². The van der Waals surface area contributed by atoms with Crippen molar-refractivity contribution >= 4 is 47.0 Å². The molecule has 2 aromatic carbocycles. The monoisotopic (exact) mass is 507 g/mol. The van der Waals surface area contributed by atoms with Crippen molar-refractivity contribution < 1.29 is 33.3 Å². The number of halogens is 1. The van der Waals surface area contributed by atoms with Gasteiger partial charge in [0.1, 0.15) is 24.2 Å². The molecule has 0 saturated carbocycles. The molecule has 0 aliphatic carbocycles. The minimum absolute atomic E-state index is 0.180. The molecule has 34 heavy (non-hydrogen) atoms. The number of carbonyl (C=O) groups excluding carboxylic acids is 3. The molecule has 182 valence electrons. The van der Waals surface area contributed by atoms with E-state index in [1.165, 1.54) is 32.5 Å². The van der Waals surface area contributed by atoms with E-state index in [9.17, 15) is 14.4 Å². The number of thioether (sulfide) groups is 1. The molecule has 0 bridgehead atoms. The van der Waals surface area contributed by atoms with Crippen LogP contribution in [0.3, 0.4) is 0 Å². The SMILES string of the molecule is CC(=O)OCC1OC(Sc2ccc(Cl)cc2)C(Nc2ccccc2)C(OC(C)=O)C1OC(C)=O. The molecule has 1 saturated heterocycles. The number of carbonyl (C=O) groups is 3. The Morgan fingerprint density at radius 2 is 1.53 bits per heavy atom. The summed E-state index contributed by atoms with van der Waals surface area (Å²) in [4.78, 5) is 36.3. The predicted molar refractivity (Wildman–Crippen MR) is 128 cm³/mol. The van der Waals surface area contributed by atoms with E-state index >= 15 is 0 Å². The van der Waals surface area contributed by atoms with Gasteiger partial charge < -0.3 is 24.3 Å². The number of ether oxygens (including phenoxy) is 4. The number of para-hydroxylation sites is 1. The van der Waals surface area contributed by atoms with E-state index in [1.807, 2.05) is 42.5 Å². The van der Waals surface area contributed by atoms with Crippen molar-refractivity contribution in [3.63, 3.8) is 0 Å². The van der Waals surface area contributed by atoms with Gasteiger partial charge in [0.15, 0.2) is 12.2 Å². The second-order valence-electron chi connectivity index (χ2n) is 7.60. The fraction of sp³-hybridized carbons (Fsp3) is 0.375. The van der Waals surface area contributed by atoms with Crippen LogP contribution in [-0.2, 0) is 33.3 Å². The van der Waals surface area contributed by atoms with Gasteiger partial charge in [0, 0.05) is 36.4 Å². The van der Waals surface area contributed by atoms with Crippen LogP contribution in [-0.4, -0.2) is 54.3 Å². The average Bonchev–Trinajstić information content (AvgIpc) is 2.78. The van der Waals surface area contributed by atoms with Crippen LogP contribution in [0.15, 0.2) is 59.5 Å². The lowest BCUT2D eigenvalue weighted by Crippen LogP contribution is -2.62. The summed E-state index contributed by atoms with van der Waals surface area (Å²) in [6.07, 6.45) is -2.81. The van der Waals surface area contributed by atoms with Crippen LogP contribution in [0, 0.1) is 0 Å². The van der Waals surface area contributed by atoms with Gasteiger partial charge in [0.2, 0.25) is 0 Å². The Morgan fingerprint density at radius 1 is 0.912 bits per heavy atom. The third kappa shape index (κ3) is 7.38. The molecular weight excluding hydrogens is 482 g/mol. The highest BCUT2D eigenvalue weighted by Crippen LogP contribution is 2.37. The number of benzene rings is 2.